The van der Waals surface area contributed by atoms with E-state index in [1.807, 2.05) is 4.90 Å². The number of anilines is 1. The van der Waals surface area contributed by atoms with E-state index in [2.05, 4.69) is 15.3 Å². The summed E-state index contributed by atoms with van der Waals surface area (Å²) in [6.07, 6.45) is -4.71. The molecule has 3 aromatic rings. The number of hydrogen-bond acceptors (Lipinski definition) is 7. The predicted octanol–water partition coefficient (Wildman–Crippen LogP) is 3.10. The van der Waals surface area contributed by atoms with Gasteiger partial charge in [-0.15, -0.1) is 11.3 Å². The Morgan fingerprint density at radius 3 is 2.67 bits per heavy atom. The van der Waals surface area contributed by atoms with Crippen molar-refractivity contribution in [3.63, 3.8) is 0 Å². The van der Waals surface area contributed by atoms with Gasteiger partial charge in [-0.25, -0.2) is 4.98 Å². The number of halogens is 3. The van der Waals surface area contributed by atoms with Crippen molar-refractivity contribution in [1.29, 1.82) is 0 Å². The minimum atomic E-state index is -4.79. The zero-order valence-corrected chi connectivity index (χ0v) is 14.7. The zero-order chi connectivity index (χ0) is 18.8. The van der Waals surface area contributed by atoms with E-state index < -0.39 is 12.3 Å². The van der Waals surface area contributed by atoms with Crippen LogP contribution in [0.15, 0.2) is 28.1 Å². The summed E-state index contributed by atoms with van der Waals surface area (Å²) in [7, 11) is 0. The second kappa shape index (κ2) is 5.91. The third-order valence-corrected chi connectivity index (χ3v) is 5.83. The lowest BCUT2D eigenvalue weighted by Gasteiger charge is -2.47. The van der Waals surface area contributed by atoms with E-state index in [1.165, 1.54) is 23.5 Å². The van der Waals surface area contributed by atoms with Crippen LogP contribution < -0.4 is 10.2 Å². The first-order valence-electron chi connectivity index (χ1n) is 8.49. The van der Waals surface area contributed by atoms with Gasteiger partial charge >= 0.3 is 6.18 Å². The monoisotopic (exact) mass is 396 g/mol. The second-order valence-electron chi connectivity index (χ2n) is 6.86. The van der Waals surface area contributed by atoms with E-state index in [1.54, 1.807) is 11.6 Å². The normalized spacial score (nSPS) is 23.5. The fourth-order valence-corrected chi connectivity index (χ4v) is 4.40. The zero-order valence-electron chi connectivity index (χ0n) is 13.9. The maximum atomic E-state index is 13.1. The standard InChI is InChI=1S/C17H15F3N4O2S/c18-17(19,20)14(25)10-1-2-11(15-21-3-4-27-15)13-12(10)23-16(26-13)24-6-8-5-9(7-24)22-8/h1-4,8-9,14,22,25H,5-7H2/t8?,9?,14-/m0/s1. The molecule has 0 aliphatic carbocycles. The van der Waals surface area contributed by atoms with Gasteiger partial charge in [0.25, 0.3) is 6.01 Å². The molecule has 3 aliphatic heterocycles. The maximum Gasteiger partial charge on any atom is 0.418 e. The molecule has 6 rings (SSSR count). The van der Waals surface area contributed by atoms with Crippen LogP contribution in [0, 0.1) is 0 Å². The Hall–Kier alpha value is -2.17. The predicted molar refractivity (Wildman–Crippen MR) is 93.7 cm³/mol. The number of alkyl halides is 3. The number of aromatic nitrogens is 2. The lowest BCUT2D eigenvalue weighted by atomic mass is 9.92. The molecule has 1 aromatic carbocycles. The summed E-state index contributed by atoms with van der Waals surface area (Å²) >= 11 is 1.36. The summed E-state index contributed by atoms with van der Waals surface area (Å²) in [6, 6.07) is 3.71. The third kappa shape index (κ3) is 2.79. The van der Waals surface area contributed by atoms with E-state index in [0.717, 1.165) is 6.42 Å². The SMILES string of the molecule is O[C@@H](c1ccc(-c2nccs2)c2oc(N3CC4CC(C3)N4)nc12)C(F)(F)F. The molecule has 2 bridgehead atoms. The molecule has 6 nitrogen and oxygen atoms in total. The number of benzene rings is 1. The largest absolute Gasteiger partial charge is 0.423 e. The summed E-state index contributed by atoms with van der Waals surface area (Å²) in [5.41, 5.74) is 0.493. The molecular weight excluding hydrogens is 381 g/mol. The fraction of sp³-hybridized carbons (Fsp3) is 0.412. The molecule has 3 aliphatic rings. The Balaban J connectivity index is 1.65. The van der Waals surface area contributed by atoms with Gasteiger partial charge in [0, 0.05) is 42.3 Å². The highest BCUT2D eigenvalue weighted by Crippen LogP contribution is 2.41. The van der Waals surface area contributed by atoms with E-state index >= 15 is 0 Å². The van der Waals surface area contributed by atoms with Gasteiger partial charge in [-0.1, -0.05) is 6.07 Å². The van der Waals surface area contributed by atoms with Crippen LogP contribution in [0.1, 0.15) is 18.1 Å². The minimum Gasteiger partial charge on any atom is -0.423 e. The number of nitrogens with one attached hydrogen (secondary N) is 1. The Morgan fingerprint density at radius 2 is 2.04 bits per heavy atom. The summed E-state index contributed by atoms with van der Waals surface area (Å²) in [5.74, 6) is 0. The first-order valence-corrected chi connectivity index (χ1v) is 9.37. The molecule has 5 heterocycles. The van der Waals surface area contributed by atoms with Gasteiger partial charge in [-0.2, -0.15) is 18.2 Å². The Kier molecular flexibility index (Phi) is 3.72. The topological polar surface area (TPSA) is 74.4 Å². The van der Waals surface area contributed by atoms with E-state index in [4.69, 9.17) is 4.42 Å². The van der Waals surface area contributed by atoms with Gasteiger partial charge in [0.1, 0.15) is 10.5 Å². The van der Waals surface area contributed by atoms with Crippen LogP contribution in [-0.4, -0.2) is 46.4 Å². The molecule has 3 atom stereocenters. The average molecular weight is 396 g/mol. The molecule has 0 saturated carbocycles. The van der Waals surface area contributed by atoms with E-state index in [0.29, 0.717) is 35.7 Å². The van der Waals surface area contributed by atoms with Crippen molar-refractivity contribution in [3.8, 4) is 10.6 Å². The van der Waals surface area contributed by atoms with Crippen LogP contribution in [0.3, 0.4) is 0 Å². The van der Waals surface area contributed by atoms with Gasteiger partial charge in [-0.05, 0) is 12.5 Å². The average Bonchev–Trinajstić information content (AvgIpc) is 3.29. The summed E-state index contributed by atoms with van der Waals surface area (Å²) in [5, 5.41) is 15.6. The van der Waals surface area contributed by atoms with Crippen molar-refractivity contribution in [1.82, 2.24) is 15.3 Å². The molecule has 3 saturated heterocycles. The van der Waals surface area contributed by atoms with Crippen LogP contribution in [0.2, 0.25) is 0 Å². The summed E-state index contributed by atoms with van der Waals surface area (Å²) in [4.78, 5) is 10.5. The quantitative estimate of drug-likeness (QED) is 0.709. The Bertz CT molecular complexity index is 972. The van der Waals surface area contributed by atoms with Gasteiger partial charge in [0.05, 0.1) is 5.56 Å². The number of aliphatic hydroxyl groups excluding tert-OH is 1. The lowest BCUT2D eigenvalue weighted by Crippen LogP contribution is -2.67. The molecule has 2 N–H and O–H groups in total. The van der Waals surface area contributed by atoms with E-state index in [-0.39, 0.29) is 22.7 Å². The Labute approximate surface area is 155 Å². The van der Waals surface area contributed by atoms with Crippen molar-refractivity contribution in [2.24, 2.45) is 0 Å². The highest BCUT2D eigenvalue weighted by molar-refractivity contribution is 7.13. The van der Waals surface area contributed by atoms with Crippen molar-refractivity contribution in [3.05, 3.63) is 29.3 Å². The molecule has 10 heteroatoms. The molecule has 27 heavy (non-hydrogen) atoms. The molecule has 3 fully saturated rings. The highest BCUT2D eigenvalue weighted by Gasteiger charge is 2.42. The molecule has 2 aromatic heterocycles. The number of piperazine rings is 1. The van der Waals surface area contributed by atoms with Crippen molar-refractivity contribution < 1.29 is 22.7 Å². The van der Waals surface area contributed by atoms with Crippen LogP contribution in [0.25, 0.3) is 21.7 Å². The fourth-order valence-electron chi connectivity index (χ4n) is 3.74. The van der Waals surface area contributed by atoms with Gasteiger partial charge < -0.3 is 19.7 Å². The number of aliphatic hydroxyl groups is 1. The van der Waals surface area contributed by atoms with Crippen molar-refractivity contribution >= 4 is 28.5 Å². The van der Waals surface area contributed by atoms with Crippen LogP contribution in [0.4, 0.5) is 19.2 Å². The second-order valence-corrected chi connectivity index (χ2v) is 7.75. The number of nitrogens with zero attached hydrogens (tertiary/aromatic N) is 3. The van der Waals surface area contributed by atoms with Crippen LogP contribution in [-0.2, 0) is 0 Å². The third-order valence-electron chi connectivity index (χ3n) is 5.02. The number of rotatable bonds is 3. The van der Waals surface area contributed by atoms with Gasteiger partial charge in [-0.3, -0.25) is 0 Å². The highest BCUT2D eigenvalue weighted by atomic mass is 32.1. The number of thiazole rings is 1. The van der Waals surface area contributed by atoms with Gasteiger partial charge in [0.2, 0.25) is 0 Å². The summed E-state index contributed by atoms with van der Waals surface area (Å²) in [6.45, 7) is 1.38. The molecule has 0 spiro atoms. The lowest BCUT2D eigenvalue weighted by molar-refractivity contribution is -0.206. The van der Waals surface area contributed by atoms with Crippen LogP contribution in [0.5, 0.6) is 0 Å². The van der Waals surface area contributed by atoms with Crippen LogP contribution >= 0.6 is 11.3 Å². The van der Waals surface area contributed by atoms with Gasteiger partial charge in [0.15, 0.2) is 11.7 Å². The van der Waals surface area contributed by atoms with E-state index in [9.17, 15) is 18.3 Å². The number of fused-ring (bicyclic) bond motifs is 3. The van der Waals surface area contributed by atoms with Crippen molar-refractivity contribution in [2.45, 2.75) is 30.8 Å². The van der Waals surface area contributed by atoms with Crippen molar-refractivity contribution in [2.75, 3.05) is 18.0 Å². The maximum absolute atomic E-state index is 13.1. The number of hydrogen-bond donors (Lipinski definition) is 2. The molecule has 2 unspecified atom stereocenters. The molecule has 0 radical (unpaired) electrons. The molecular formula is C17H15F3N4O2S. The Morgan fingerprint density at radius 1 is 1.30 bits per heavy atom. The smallest absolute Gasteiger partial charge is 0.418 e. The number of oxazole rings is 1. The minimum absolute atomic E-state index is 0.0229. The summed E-state index contributed by atoms with van der Waals surface area (Å²) < 4.78 is 45.3. The number of piperidine rings is 1. The molecule has 0 amide bonds. The first-order chi connectivity index (χ1) is 12.9. The first kappa shape index (κ1) is 17.0. The molecule has 142 valence electrons.